The Kier molecular flexibility index (Phi) is 5.30. The lowest BCUT2D eigenvalue weighted by Crippen LogP contribution is -2.28. The molecule has 3 N–H and O–H groups in total. The minimum Gasteiger partial charge on any atom is -0.380 e. The van der Waals surface area contributed by atoms with Crippen LogP contribution in [0.15, 0.2) is 22.7 Å². The van der Waals surface area contributed by atoms with Crippen molar-refractivity contribution in [3.8, 4) is 6.07 Å². The zero-order chi connectivity index (χ0) is 12.0. The van der Waals surface area contributed by atoms with Crippen LogP contribution in [0.3, 0.4) is 0 Å². The van der Waals surface area contributed by atoms with Gasteiger partial charge in [0.15, 0.2) is 0 Å². The number of halogens is 1. The molecule has 0 aliphatic rings. The van der Waals surface area contributed by atoms with E-state index < -0.39 is 0 Å². The van der Waals surface area contributed by atoms with Crippen molar-refractivity contribution < 1.29 is 0 Å². The molecule has 0 aliphatic carbocycles. The summed E-state index contributed by atoms with van der Waals surface area (Å²) in [5, 5.41) is 12.4. The highest BCUT2D eigenvalue weighted by Gasteiger charge is 2.10. The summed E-state index contributed by atoms with van der Waals surface area (Å²) in [7, 11) is 0. The van der Waals surface area contributed by atoms with Crippen molar-refractivity contribution in [2.45, 2.75) is 25.8 Å². The molecule has 1 aromatic rings. The van der Waals surface area contributed by atoms with Crippen molar-refractivity contribution in [3.63, 3.8) is 0 Å². The molecule has 4 heteroatoms. The molecule has 0 fully saturated rings. The molecule has 0 bridgehead atoms. The van der Waals surface area contributed by atoms with Crippen LogP contribution in [0.5, 0.6) is 0 Å². The van der Waals surface area contributed by atoms with Gasteiger partial charge in [0, 0.05) is 17.1 Å². The Morgan fingerprint density at radius 1 is 1.56 bits per heavy atom. The van der Waals surface area contributed by atoms with Gasteiger partial charge in [-0.15, -0.1) is 0 Å². The topological polar surface area (TPSA) is 61.8 Å². The molecule has 1 rings (SSSR count). The highest BCUT2D eigenvalue weighted by atomic mass is 79.9. The van der Waals surface area contributed by atoms with Crippen LogP contribution in [0, 0.1) is 11.3 Å². The highest BCUT2D eigenvalue weighted by Crippen LogP contribution is 2.24. The fraction of sp³-hybridized carbons (Fsp3) is 0.417. The Morgan fingerprint density at radius 3 is 2.88 bits per heavy atom. The minimum atomic E-state index is 0.228. The summed E-state index contributed by atoms with van der Waals surface area (Å²) in [6, 6.07) is 8.09. The summed E-state index contributed by atoms with van der Waals surface area (Å²) >= 11 is 3.36. The van der Waals surface area contributed by atoms with E-state index in [-0.39, 0.29) is 6.04 Å². The largest absolute Gasteiger partial charge is 0.380 e. The molecule has 0 saturated carbocycles. The van der Waals surface area contributed by atoms with Crippen LogP contribution in [-0.4, -0.2) is 12.6 Å². The van der Waals surface area contributed by atoms with Gasteiger partial charge in [-0.2, -0.15) is 5.26 Å². The molecule has 0 saturated heterocycles. The third-order valence-corrected chi connectivity index (χ3v) is 3.07. The summed E-state index contributed by atoms with van der Waals surface area (Å²) in [6.07, 6.45) is 2.08. The molecule has 16 heavy (non-hydrogen) atoms. The second-order valence-corrected chi connectivity index (χ2v) is 4.49. The van der Waals surface area contributed by atoms with E-state index in [0.29, 0.717) is 12.1 Å². The number of nitrogens with two attached hydrogens (primary N) is 1. The summed E-state index contributed by atoms with van der Waals surface area (Å²) in [6.45, 7) is 2.70. The third-order valence-electron chi connectivity index (χ3n) is 2.41. The van der Waals surface area contributed by atoms with Crippen LogP contribution < -0.4 is 11.1 Å². The average Bonchev–Trinajstić information content (AvgIpc) is 2.28. The Balaban J connectivity index is 2.88. The second kappa shape index (κ2) is 6.51. The quantitative estimate of drug-likeness (QED) is 0.873. The van der Waals surface area contributed by atoms with E-state index in [0.717, 1.165) is 23.0 Å². The molecule has 0 radical (unpaired) electrons. The van der Waals surface area contributed by atoms with E-state index in [4.69, 9.17) is 11.0 Å². The molecular weight excluding hydrogens is 266 g/mol. The number of anilines is 1. The van der Waals surface area contributed by atoms with E-state index in [9.17, 15) is 0 Å². The van der Waals surface area contributed by atoms with Gasteiger partial charge in [-0.3, -0.25) is 0 Å². The van der Waals surface area contributed by atoms with Crippen molar-refractivity contribution in [2.75, 3.05) is 11.9 Å². The Bertz CT molecular complexity index is 384. The first-order valence-corrected chi connectivity index (χ1v) is 6.17. The first-order valence-electron chi connectivity index (χ1n) is 5.38. The van der Waals surface area contributed by atoms with E-state index in [1.54, 1.807) is 0 Å². The van der Waals surface area contributed by atoms with Crippen LogP contribution in [-0.2, 0) is 0 Å². The minimum absolute atomic E-state index is 0.228. The smallest absolute Gasteiger partial charge is 0.103 e. The van der Waals surface area contributed by atoms with Crippen molar-refractivity contribution in [1.82, 2.24) is 0 Å². The molecule has 0 aliphatic heterocycles. The maximum Gasteiger partial charge on any atom is 0.103 e. The van der Waals surface area contributed by atoms with Crippen LogP contribution in [0.2, 0.25) is 0 Å². The number of nitrogens with zero attached hydrogens (tertiary/aromatic N) is 1. The van der Waals surface area contributed by atoms with Gasteiger partial charge in [-0.05, 0) is 34.5 Å². The van der Waals surface area contributed by atoms with Crippen LogP contribution in [0.4, 0.5) is 5.69 Å². The van der Waals surface area contributed by atoms with Crippen LogP contribution in [0.1, 0.15) is 25.3 Å². The number of nitrogens with one attached hydrogen (secondary N) is 1. The monoisotopic (exact) mass is 281 g/mol. The third kappa shape index (κ3) is 3.22. The second-order valence-electron chi connectivity index (χ2n) is 3.64. The molecule has 3 nitrogen and oxygen atoms in total. The fourth-order valence-corrected chi connectivity index (χ4v) is 2.03. The van der Waals surface area contributed by atoms with E-state index in [1.165, 1.54) is 0 Å². The first-order chi connectivity index (χ1) is 7.72. The molecular formula is C12H16BrN3. The molecule has 1 unspecified atom stereocenters. The molecule has 86 valence electrons. The predicted molar refractivity (Wildman–Crippen MR) is 70.2 cm³/mol. The Morgan fingerprint density at radius 2 is 2.31 bits per heavy atom. The van der Waals surface area contributed by atoms with E-state index in [1.807, 2.05) is 18.2 Å². The first kappa shape index (κ1) is 13.0. The molecule has 0 spiro atoms. The van der Waals surface area contributed by atoms with Crippen LogP contribution >= 0.6 is 15.9 Å². The summed E-state index contributed by atoms with van der Waals surface area (Å²) in [5.74, 6) is 0. The summed E-state index contributed by atoms with van der Waals surface area (Å²) < 4.78 is 0.812. The lowest BCUT2D eigenvalue weighted by molar-refractivity contribution is 0.648. The van der Waals surface area contributed by atoms with Crippen molar-refractivity contribution in [1.29, 1.82) is 5.26 Å². The number of rotatable bonds is 5. The lowest BCUT2D eigenvalue weighted by atomic mass is 10.1. The normalized spacial score (nSPS) is 11.9. The number of nitriles is 1. The average molecular weight is 282 g/mol. The van der Waals surface area contributed by atoms with Gasteiger partial charge in [0.2, 0.25) is 0 Å². The SMILES string of the molecule is CCCC(CN)Nc1cccc(Br)c1C#N. The van der Waals surface area contributed by atoms with Crippen LogP contribution in [0.25, 0.3) is 0 Å². The van der Waals surface area contributed by atoms with Gasteiger partial charge >= 0.3 is 0 Å². The van der Waals surface area contributed by atoms with Crippen molar-refractivity contribution in [2.24, 2.45) is 5.73 Å². The zero-order valence-corrected chi connectivity index (χ0v) is 10.9. The number of hydrogen-bond donors (Lipinski definition) is 2. The van der Waals surface area contributed by atoms with E-state index in [2.05, 4.69) is 34.2 Å². The maximum absolute atomic E-state index is 9.06. The summed E-state index contributed by atoms with van der Waals surface area (Å²) in [4.78, 5) is 0. The Labute approximate surface area is 105 Å². The molecule has 1 aromatic carbocycles. The fourth-order valence-electron chi connectivity index (χ4n) is 1.58. The van der Waals surface area contributed by atoms with E-state index >= 15 is 0 Å². The molecule has 0 aromatic heterocycles. The van der Waals surface area contributed by atoms with Crippen molar-refractivity contribution in [3.05, 3.63) is 28.2 Å². The highest BCUT2D eigenvalue weighted by molar-refractivity contribution is 9.10. The van der Waals surface area contributed by atoms with Gasteiger partial charge in [-0.25, -0.2) is 0 Å². The van der Waals surface area contributed by atoms with Crippen molar-refractivity contribution >= 4 is 21.6 Å². The standard InChI is InChI=1S/C12H16BrN3/c1-2-4-9(7-14)16-12-6-3-5-11(13)10(12)8-15/h3,5-6,9,16H,2,4,7,14H2,1H3. The lowest BCUT2D eigenvalue weighted by Gasteiger charge is -2.18. The molecule has 1 atom stereocenters. The molecule has 0 heterocycles. The number of benzene rings is 1. The van der Waals surface area contributed by atoms with Gasteiger partial charge in [0.1, 0.15) is 6.07 Å². The van der Waals surface area contributed by atoms with Gasteiger partial charge in [0.25, 0.3) is 0 Å². The van der Waals surface area contributed by atoms with Gasteiger partial charge < -0.3 is 11.1 Å². The molecule has 0 amide bonds. The number of hydrogen-bond acceptors (Lipinski definition) is 3. The summed E-state index contributed by atoms with van der Waals surface area (Å²) in [5.41, 5.74) is 7.16. The van der Waals surface area contributed by atoms with Gasteiger partial charge in [0.05, 0.1) is 11.3 Å². The maximum atomic E-state index is 9.06. The Hall–Kier alpha value is -1.05. The van der Waals surface area contributed by atoms with Gasteiger partial charge in [-0.1, -0.05) is 19.4 Å². The predicted octanol–water partition coefficient (Wildman–Crippen LogP) is 2.86. The zero-order valence-electron chi connectivity index (χ0n) is 9.33.